The Kier molecular flexibility index (Phi) is 9.08. The lowest BCUT2D eigenvalue weighted by atomic mass is 10.2. The van der Waals surface area contributed by atoms with E-state index in [0.29, 0.717) is 0 Å². The largest absolute Gasteiger partial charge is 1.00 e. The first kappa shape index (κ1) is 18.4. The van der Waals surface area contributed by atoms with Crippen molar-refractivity contribution in [1.29, 1.82) is 0 Å². The van der Waals surface area contributed by atoms with Gasteiger partial charge in [0.1, 0.15) is 6.54 Å². The Morgan fingerprint density at radius 1 is 1.21 bits per heavy atom. The van der Waals surface area contributed by atoms with Crippen molar-refractivity contribution in [1.82, 2.24) is 0 Å². The van der Waals surface area contributed by atoms with E-state index in [0.717, 1.165) is 40.7 Å². The molecule has 0 saturated carbocycles. The molecule has 0 unspecified atom stereocenters. The van der Waals surface area contributed by atoms with Gasteiger partial charge in [0.25, 0.3) is 0 Å². The van der Waals surface area contributed by atoms with E-state index in [2.05, 4.69) is 48.2 Å². The van der Waals surface area contributed by atoms with Crippen molar-refractivity contribution < 1.29 is 21.5 Å². The van der Waals surface area contributed by atoms with Crippen LogP contribution >= 0.6 is 15.9 Å². The minimum absolute atomic E-state index is 0. The summed E-state index contributed by atoms with van der Waals surface area (Å²) in [6, 6.07) is 8.12. The molecule has 0 amide bonds. The zero-order valence-corrected chi connectivity index (χ0v) is 14.8. The molecule has 0 bridgehead atoms. The van der Waals surface area contributed by atoms with Crippen LogP contribution < -0.4 is 17.0 Å². The quantitative estimate of drug-likeness (QED) is 0.399. The molecule has 0 aliphatic carbocycles. The average Bonchev–Trinajstić information content (AvgIpc) is 2.40. The zero-order valence-electron chi connectivity index (χ0n) is 11.6. The van der Waals surface area contributed by atoms with Crippen LogP contribution in [0.3, 0.4) is 0 Å². The maximum atomic E-state index is 3.85. The number of hydrogen-bond acceptors (Lipinski definition) is 0. The third kappa shape index (κ3) is 5.95. The van der Waals surface area contributed by atoms with E-state index < -0.39 is 0 Å². The lowest BCUT2D eigenvalue weighted by Crippen LogP contribution is -3.00. The van der Waals surface area contributed by atoms with Gasteiger partial charge in [0.2, 0.25) is 0 Å². The number of likely N-dealkylation sites (N-methyl/N-ethyl adjacent to an activating group) is 1. The molecule has 19 heavy (non-hydrogen) atoms. The van der Waals surface area contributed by atoms with E-state index in [1.165, 1.54) is 0 Å². The molecule has 0 spiro atoms. The predicted octanol–water partition coefficient (Wildman–Crippen LogP) is 0.847. The summed E-state index contributed by atoms with van der Waals surface area (Å²) in [5, 5.41) is 0. The lowest BCUT2D eigenvalue weighted by molar-refractivity contribution is -0.912. The molecule has 0 atom stereocenters. The summed E-state index contributed by atoms with van der Waals surface area (Å²) >= 11 is 3.43. The number of halogens is 2. The average molecular weight is 387 g/mol. The first-order valence-electron chi connectivity index (χ1n) is 6.36. The van der Waals surface area contributed by atoms with Gasteiger partial charge in [-0.2, -0.15) is 0 Å². The number of quaternary nitrogens is 1. The van der Waals surface area contributed by atoms with Crippen molar-refractivity contribution in [2.45, 2.75) is 13.8 Å². The highest BCUT2D eigenvalue weighted by Crippen LogP contribution is 2.10. The number of hydrogen-bond donors (Lipinski definition) is 0. The van der Waals surface area contributed by atoms with E-state index in [1.807, 2.05) is 30.3 Å². The van der Waals surface area contributed by atoms with Crippen LogP contribution in [-0.4, -0.2) is 30.7 Å². The molecule has 1 nitrogen and oxygen atoms in total. The number of benzene rings is 1. The Morgan fingerprint density at radius 2 is 1.79 bits per heavy atom. The van der Waals surface area contributed by atoms with Gasteiger partial charge in [-0.05, 0) is 50.1 Å². The molecule has 1 rings (SSSR count). The molecular weight excluding hydrogens is 366 g/mol. The highest BCUT2D eigenvalue weighted by atomic mass is 79.9. The van der Waals surface area contributed by atoms with Crippen molar-refractivity contribution in [3.05, 3.63) is 47.0 Å². The zero-order chi connectivity index (χ0) is 13.4. The highest BCUT2D eigenvalue weighted by Gasteiger charge is 2.19. The van der Waals surface area contributed by atoms with Gasteiger partial charge in [0.15, 0.2) is 0 Å². The maximum absolute atomic E-state index is 3.85. The minimum atomic E-state index is 0. The lowest BCUT2D eigenvalue weighted by Gasteiger charge is -2.33. The highest BCUT2D eigenvalue weighted by molar-refractivity contribution is 9.10. The molecule has 1 aromatic carbocycles. The molecule has 0 heterocycles. The van der Waals surface area contributed by atoms with Crippen LogP contribution in [0.15, 0.2) is 41.4 Å². The maximum Gasteiger partial charge on any atom is 0.141 e. The second-order valence-corrected chi connectivity index (χ2v) is 5.33. The van der Waals surface area contributed by atoms with Crippen LogP contribution in [0.2, 0.25) is 0 Å². The first-order valence-corrected chi connectivity index (χ1v) is 7.15. The van der Waals surface area contributed by atoms with Crippen molar-refractivity contribution in [2.75, 3.05) is 26.2 Å². The second-order valence-electron chi connectivity index (χ2n) is 4.41. The van der Waals surface area contributed by atoms with E-state index in [1.54, 1.807) is 0 Å². The summed E-state index contributed by atoms with van der Waals surface area (Å²) in [6.07, 6.45) is 1.99. The molecule has 0 aromatic heterocycles. The number of rotatable bonds is 5. The topological polar surface area (TPSA) is 0 Å². The second kappa shape index (κ2) is 9.36. The Bertz CT molecular complexity index is 436. The van der Waals surface area contributed by atoms with Crippen molar-refractivity contribution in [3.63, 3.8) is 0 Å². The summed E-state index contributed by atoms with van der Waals surface area (Å²) in [5.74, 6) is 6.54. The molecular formula is C16H21Br2N. The van der Waals surface area contributed by atoms with E-state index in [-0.39, 0.29) is 17.0 Å². The summed E-state index contributed by atoms with van der Waals surface area (Å²) in [6.45, 7) is 12.3. The van der Waals surface area contributed by atoms with Crippen LogP contribution in [0, 0.1) is 11.8 Å². The molecule has 0 aliphatic rings. The normalized spacial score (nSPS) is 10.1. The SMILES string of the molecule is C=CC[N+](CC)(CC)CC#Cc1ccc(Br)cc1.[Br-]. The van der Waals surface area contributed by atoms with E-state index in [4.69, 9.17) is 0 Å². The van der Waals surface area contributed by atoms with Crippen LogP contribution in [0.5, 0.6) is 0 Å². The predicted molar refractivity (Wildman–Crippen MR) is 82.3 cm³/mol. The molecule has 3 heteroatoms. The molecule has 0 N–H and O–H groups in total. The molecule has 0 aliphatic heterocycles. The molecule has 0 fully saturated rings. The third-order valence-electron chi connectivity index (χ3n) is 3.35. The summed E-state index contributed by atoms with van der Waals surface area (Å²) in [4.78, 5) is 0. The Labute approximate surface area is 136 Å². The van der Waals surface area contributed by atoms with Gasteiger partial charge in [-0.3, -0.25) is 0 Å². The van der Waals surface area contributed by atoms with Gasteiger partial charge in [0.05, 0.1) is 19.6 Å². The fraction of sp³-hybridized carbons (Fsp3) is 0.375. The van der Waals surface area contributed by atoms with E-state index in [9.17, 15) is 0 Å². The first-order chi connectivity index (χ1) is 8.65. The Hall–Kier alpha value is -0.560. The number of nitrogens with zero attached hydrogens (tertiary/aromatic N) is 1. The van der Waals surface area contributed by atoms with Gasteiger partial charge in [-0.1, -0.05) is 28.4 Å². The fourth-order valence-electron chi connectivity index (χ4n) is 1.89. The molecule has 1 aromatic rings. The smallest absolute Gasteiger partial charge is 0.141 e. The van der Waals surface area contributed by atoms with Crippen LogP contribution in [0.25, 0.3) is 0 Å². The van der Waals surface area contributed by atoms with Crippen LogP contribution in [0.4, 0.5) is 0 Å². The van der Waals surface area contributed by atoms with Gasteiger partial charge < -0.3 is 21.5 Å². The molecule has 104 valence electrons. The third-order valence-corrected chi connectivity index (χ3v) is 3.88. The Morgan fingerprint density at radius 3 is 2.26 bits per heavy atom. The van der Waals surface area contributed by atoms with Crippen molar-refractivity contribution >= 4 is 15.9 Å². The van der Waals surface area contributed by atoms with Gasteiger partial charge in [-0.15, -0.1) is 0 Å². The van der Waals surface area contributed by atoms with Gasteiger partial charge in [-0.25, -0.2) is 0 Å². The van der Waals surface area contributed by atoms with Gasteiger partial charge in [0, 0.05) is 10.0 Å². The summed E-state index contributed by atoms with van der Waals surface area (Å²) < 4.78 is 2.08. The summed E-state index contributed by atoms with van der Waals surface area (Å²) in [7, 11) is 0. The fourth-order valence-corrected chi connectivity index (χ4v) is 2.15. The van der Waals surface area contributed by atoms with Crippen molar-refractivity contribution in [2.24, 2.45) is 0 Å². The molecule has 0 radical (unpaired) electrons. The minimum Gasteiger partial charge on any atom is -1.00 e. The van der Waals surface area contributed by atoms with Crippen LogP contribution in [-0.2, 0) is 0 Å². The van der Waals surface area contributed by atoms with Crippen LogP contribution in [0.1, 0.15) is 19.4 Å². The summed E-state index contributed by atoms with van der Waals surface area (Å²) in [5.41, 5.74) is 1.07. The van der Waals surface area contributed by atoms with Gasteiger partial charge >= 0.3 is 0 Å². The standard InChI is InChI=1S/C16H21BrN.BrH/c1-4-13-18(5-2,6-3)14-7-8-15-9-11-16(17)12-10-15;/h4,9-12H,1,5-6,13-14H2,2-3H3;1H/q+1;/p-1. The Balaban J connectivity index is 0.00000324. The van der Waals surface area contributed by atoms with E-state index >= 15 is 0 Å². The van der Waals surface area contributed by atoms with Crippen molar-refractivity contribution in [3.8, 4) is 11.8 Å². The molecule has 0 saturated heterocycles. The monoisotopic (exact) mass is 385 g/mol.